The van der Waals surface area contributed by atoms with Crippen molar-refractivity contribution in [2.45, 2.75) is 19.9 Å². The van der Waals surface area contributed by atoms with Crippen LogP contribution >= 0.6 is 11.6 Å². The summed E-state index contributed by atoms with van der Waals surface area (Å²) in [6, 6.07) is 12.5. The molecule has 0 aliphatic heterocycles. The summed E-state index contributed by atoms with van der Waals surface area (Å²) < 4.78 is 0. The first-order valence-electron chi connectivity index (χ1n) is 7.48. The first-order chi connectivity index (χ1) is 11.9. The topological polar surface area (TPSA) is 96.6 Å². The minimum absolute atomic E-state index is 0.0000651. The molecule has 0 aromatic heterocycles. The van der Waals surface area contributed by atoms with Gasteiger partial charge in [-0.05, 0) is 49.7 Å². The first kappa shape index (κ1) is 18.4. The van der Waals surface area contributed by atoms with Gasteiger partial charge < -0.3 is 5.32 Å². The molecule has 130 valence electrons. The average Bonchev–Trinajstić information content (AvgIpc) is 2.59. The highest BCUT2D eigenvalue weighted by atomic mass is 35.5. The second-order valence-corrected chi connectivity index (χ2v) is 5.79. The Kier molecular flexibility index (Phi) is 6.08. The molecule has 0 fully saturated rings. The molecule has 0 unspecified atom stereocenters. The van der Waals surface area contributed by atoms with Crippen molar-refractivity contribution in [3.63, 3.8) is 0 Å². The molecule has 0 aliphatic carbocycles. The summed E-state index contributed by atoms with van der Waals surface area (Å²) in [5.41, 5.74) is 4.42. The summed E-state index contributed by atoms with van der Waals surface area (Å²) >= 11 is 5.90. The van der Waals surface area contributed by atoms with Gasteiger partial charge in [0.1, 0.15) is 6.04 Å². The Balaban J connectivity index is 1.97. The highest BCUT2D eigenvalue weighted by molar-refractivity contribution is 6.30. The lowest BCUT2D eigenvalue weighted by Gasteiger charge is -2.14. The second kappa shape index (κ2) is 8.25. The van der Waals surface area contributed by atoms with Crippen LogP contribution in [0.1, 0.15) is 19.4 Å². The summed E-state index contributed by atoms with van der Waals surface area (Å²) in [7, 11) is 0. The number of hydrazone groups is 1. The normalized spacial score (nSPS) is 12.4. The number of anilines is 1. The fraction of sp³-hybridized carbons (Fsp3) is 0.176. The molecule has 0 radical (unpaired) electrons. The number of nitrogens with zero attached hydrogens (tertiary/aromatic N) is 2. The molecular formula is C17H17ClN4O3. The number of benzene rings is 2. The highest BCUT2D eigenvalue weighted by Crippen LogP contribution is 2.16. The molecule has 2 N–H and O–H groups in total. The van der Waals surface area contributed by atoms with Crippen LogP contribution < -0.4 is 10.7 Å². The van der Waals surface area contributed by atoms with Crippen molar-refractivity contribution in [1.29, 1.82) is 0 Å². The minimum Gasteiger partial charge on any atom is -0.374 e. The van der Waals surface area contributed by atoms with Gasteiger partial charge in [0.15, 0.2) is 0 Å². The number of hydrogen-bond acceptors (Lipinski definition) is 5. The van der Waals surface area contributed by atoms with Crippen molar-refractivity contribution in [3.8, 4) is 0 Å². The molecular weight excluding hydrogens is 344 g/mol. The number of carbonyl (C=O) groups is 1. The summed E-state index contributed by atoms with van der Waals surface area (Å²) in [5.74, 6) is -0.318. The number of rotatable bonds is 6. The quantitative estimate of drug-likeness (QED) is 0.467. The molecule has 2 aromatic rings. The van der Waals surface area contributed by atoms with Crippen LogP contribution in [0.4, 0.5) is 11.4 Å². The molecule has 0 aliphatic rings. The van der Waals surface area contributed by atoms with E-state index in [1.54, 1.807) is 50.2 Å². The summed E-state index contributed by atoms with van der Waals surface area (Å²) in [6.45, 7) is 3.41. The zero-order valence-corrected chi connectivity index (χ0v) is 14.4. The Morgan fingerprint density at radius 2 is 1.92 bits per heavy atom. The van der Waals surface area contributed by atoms with E-state index in [9.17, 15) is 14.9 Å². The van der Waals surface area contributed by atoms with Gasteiger partial charge in [-0.15, -0.1) is 0 Å². The molecule has 0 saturated carbocycles. The number of carbonyl (C=O) groups excluding carboxylic acids is 1. The summed E-state index contributed by atoms with van der Waals surface area (Å²) in [5, 5.41) is 18.3. The monoisotopic (exact) mass is 360 g/mol. The third-order valence-electron chi connectivity index (χ3n) is 3.43. The highest BCUT2D eigenvalue weighted by Gasteiger charge is 2.12. The average molecular weight is 361 g/mol. The van der Waals surface area contributed by atoms with Crippen LogP contribution in [0.5, 0.6) is 0 Å². The smallest absolute Gasteiger partial charge is 0.269 e. The molecule has 8 heteroatoms. The van der Waals surface area contributed by atoms with Gasteiger partial charge in [0.25, 0.3) is 11.6 Å². The first-order valence-corrected chi connectivity index (χ1v) is 7.85. The van der Waals surface area contributed by atoms with Crippen LogP contribution in [-0.2, 0) is 4.79 Å². The van der Waals surface area contributed by atoms with Gasteiger partial charge in [-0.1, -0.05) is 17.7 Å². The molecule has 25 heavy (non-hydrogen) atoms. The Bertz CT molecular complexity index is 806. The van der Waals surface area contributed by atoms with E-state index in [4.69, 9.17) is 11.6 Å². The molecule has 0 heterocycles. The van der Waals surface area contributed by atoms with Crippen molar-refractivity contribution in [3.05, 3.63) is 69.2 Å². The number of non-ortho nitro benzene ring substituents is 1. The maximum Gasteiger partial charge on any atom is 0.269 e. The van der Waals surface area contributed by atoms with E-state index in [0.29, 0.717) is 16.3 Å². The largest absolute Gasteiger partial charge is 0.374 e. The van der Waals surface area contributed by atoms with E-state index in [0.717, 1.165) is 5.69 Å². The maximum atomic E-state index is 12.1. The van der Waals surface area contributed by atoms with Gasteiger partial charge in [0.05, 0.1) is 10.6 Å². The molecule has 2 aromatic carbocycles. The van der Waals surface area contributed by atoms with Crippen molar-refractivity contribution in [1.82, 2.24) is 5.43 Å². The van der Waals surface area contributed by atoms with Crippen molar-refractivity contribution in [2.24, 2.45) is 5.10 Å². The Morgan fingerprint density at radius 3 is 2.52 bits per heavy atom. The van der Waals surface area contributed by atoms with E-state index in [1.807, 2.05) is 0 Å². The lowest BCUT2D eigenvalue weighted by molar-refractivity contribution is -0.384. The zero-order valence-electron chi connectivity index (χ0n) is 13.7. The number of hydrogen-bond donors (Lipinski definition) is 2. The maximum absolute atomic E-state index is 12.1. The molecule has 0 spiro atoms. The predicted octanol–water partition coefficient (Wildman–Crippen LogP) is 3.59. The lowest BCUT2D eigenvalue weighted by atomic mass is 10.1. The summed E-state index contributed by atoms with van der Waals surface area (Å²) in [4.78, 5) is 22.3. The number of amides is 1. The zero-order chi connectivity index (χ0) is 18.4. The molecule has 1 amide bonds. The second-order valence-electron chi connectivity index (χ2n) is 5.35. The standard InChI is InChI=1S/C17H17ClN4O3/c1-11(13-6-8-16(9-7-13)22(24)25)20-21-17(23)12(2)19-15-5-3-4-14(18)10-15/h3-10,12,19H,1-2H3,(H,21,23)/b20-11+/t12-/m1/s1. The van der Waals surface area contributed by atoms with Crippen LogP contribution in [0.15, 0.2) is 53.6 Å². The van der Waals surface area contributed by atoms with E-state index >= 15 is 0 Å². The fourth-order valence-corrected chi connectivity index (χ4v) is 2.21. The van der Waals surface area contributed by atoms with Crippen LogP contribution in [-0.4, -0.2) is 22.6 Å². The Hall–Kier alpha value is -2.93. The molecule has 7 nitrogen and oxygen atoms in total. The van der Waals surface area contributed by atoms with Crippen LogP contribution in [0, 0.1) is 10.1 Å². The van der Waals surface area contributed by atoms with Gasteiger partial charge in [0, 0.05) is 22.8 Å². The molecule has 1 atom stereocenters. The van der Waals surface area contributed by atoms with Gasteiger partial charge in [-0.3, -0.25) is 14.9 Å². The lowest BCUT2D eigenvalue weighted by Crippen LogP contribution is -2.35. The summed E-state index contributed by atoms with van der Waals surface area (Å²) in [6.07, 6.45) is 0. The van der Waals surface area contributed by atoms with Gasteiger partial charge >= 0.3 is 0 Å². The number of nitrogens with one attached hydrogen (secondary N) is 2. The van der Waals surface area contributed by atoms with E-state index in [-0.39, 0.29) is 11.6 Å². The van der Waals surface area contributed by atoms with Crippen LogP contribution in [0.2, 0.25) is 5.02 Å². The van der Waals surface area contributed by atoms with E-state index in [2.05, 4.69) is 15.8 Å². The third-order valence-corrected chi connectivity index (χ3v) is 3.67. The van der Waals surface area contributed by atoms with Gasteiger partial charge in [0.2, 0.25) is 0 Å². The number of halogens is 1. The Labute approximate surface area is 149 Å². The molecule has 0 saturated heterocycles. The van der Waals surface area contributed by atoms with Crippen LogP contribution in [0.25, 0.3) is 0 Å². The minimum atomic E-state index is -0.521. The number of nitro groups is 1. The molecule has 0 bridgehead atoms. The fourth-order valence-electron chi connectivity index (χ4n) is 2.02. The van der Waals surface area contributed by atoms with E-state index < -0.39 is 11.0 Å². The van der Waals surface area contributed by atoms with Gasteiger partial charge in [-0.25, -0.2) is 5.43 Å². The van der Waals surface area contributed by atoms with Crippen molar-refractivity contribution >= 4 is 34.6 Å². The Morgan fingerprint density at radius 1 is 1.24 bits per heavy atom. The number of nitro benzene ring substituents is 1. The SMILES string of the molecule is C/C(=N\NC(=O)[C@@H](C)Nc1cccc(Cl)c1)c1ccc([N+](=O)[O-])cc1. The van der Waals surface area contributed by atoms with Gasteiger partial charge in [-0.2, -0.15) is 5.10 Å². The predicted molar refractivity (Wildman–Crippen MR) is 98.0 cm³/mol. The van der Waals surface area contributed by atoms with Crippen LogP contribution in [0.3, 0.4) is 0 Å². The molecule has 2 rings (SSSR count). The third kappa shape index (κ3) is 5.29. The van der Waals surface area contributed by atoms with Crippen molar-refractivity contribution in [2.75, 3.05) is 5.32 Å². The van der Waals surface area contributed by atoms with Crippen molar-refractivity contribution < 1.29 is 9.72 Å². The van der Waals surface area contributed by atoms with E-state index in [1.165, 1.54) is 12.1 Å².